The lowest BCUT2D eigenvalue weighted by Gasteiger charge is -2.08. The van der Waals surface area contributed by atoms with Crippen molar-refractivity contribution in [3.8, 4) is 0 Å². The van der Waals surface area contributed by atoms with Gasteiger partial charge in [-0.15, -0.1) is 11.3 Å². The first kappa shape index (κ1) is 12.5. The van der Waals surface area contributed by atoms with E-state index in [0.717, 1.165) is 15.6 Å². The van der Waals surface area contributed by atoms with Crippen LogP contribution in [0.2, 0.25) is 0 Å². The number of carbonyl (C=O) groups is 1. The molecule has 2 heterocycles. The highest BCUT2D eigenvalue weighted by Crippen LogP contribution is 2.14. The number of thiazole rings is 1. The summed E-state index contributed by atoms with van der Waals surface area (Å²) in [5, 5.41) is 6.82. The minimum Gasteiger partial charge on any atom is -0.387 e. The van der Waals surface area contributed by atoms with Crippen molar-refractivity contribution < 1.29 is 4.79 Å². The number of carbonyl (C=O) groups excluding carboxylic acids is 1. The normalized spacial score (nSPS) is 10.1. The molecule has 0 bridgehead atoms. The third-order valence-corrected chi connectivity index (χ3v) is 3.34. The van der Waals surface area contributed by atoms with Gasteiger partial charge in [0.25, 0.3) is 5.91 Å². The van der Waals surface area contributed by atoms with Crippen molar-refractivity contribution in [3.63, 3.8) is 0 Å². The molecule has 0 radical (unpaired) electrons. The number of hydrogen-bond donors (Lipinski definition) is 2. The van der Waals surface area contributed by atoms with Gasteiger partial charge in [-0.1, -0.05) is 0 Å². The molecule has 2 rings (SSSR count). The molecule has 5 nitrogen and oxygen atoms in total. The van der Waals surface area contributed by atoms with Gasteiger partial charge in [-0.3, -0.25) is 9.78 Å². The standard InChI is InChI=1S/C12H14N4OS/c1-8-15-5-9(18-8)6-16-12(17)10-7-14-4-3-11(10)13-2/h3-5,7H,6H2,1-2H3,(H,13,14)(H,16,17). The number of aryl methyl sites for hydroxylation is 1. The van der Waals surface area contributed by atoms with Gasteiger partial charge in [-0.05, 0) is 13.0 Å². The fraction of sp³-hybridized carbons (Fsp3) is 0.250. The van der Waals surface area contributed by atoms with E-state index >= 15 is 0 Å². The highest BCUT2D eigenvalue weighted by molar-refractivity contribution is 7.11. The van der Waals surface area contributed by atoms with E-state index in [-0.39, 0.29) is 5.91 Å². The number of nitrogens with one attached hydrogen (secondary N) is 2. The number of nitrogens with zero attached hydrogens (tertiary/aromatic N) is 2. The summed E-state index contributed by atoms with van der Waals surface area (Å²) in [6.45, 7) is 2.43. The average Bonchev–Trinajstić information content (AvgIpc) is 2.81. The molecule has 0 fully saturated rings. The fourth-order valence-corrected chi connectivity index (χ4v) is 2.28. The van der Waals surface area contributed by atoms with Crippen LogP contribution in [-0.2, 0) is 6.54 Å². The number of hydrogen-bond acceptors (Lipinski definition) is 5. The maximum atomic E-state index is 12.0. The first-order valence-corrected chi connectivity index (χ1v) is 6.33. The van der Waals surface area contributed by atoms with Crippen LogP contribution >= 0.6 is 11.3 Å². The smallest absolute Gasteiger partial charge is 0.255 e. The molecule has 0 aromatic carbocycles. The molecule has 2 aromatic rings. The van der Waals surface area contributed by atoms with E-state index in [1.807, 2.05) is 6.92 Å². The fourth-order valence-electron chi connectivity index (χ4n) is 1.54. The number of amides is 1. The Balaban J connectivity index is 2.03. The Morgan fingerprint density at radius 1 is 1.44 bits per heavy atom. The lowest BCUT2D eigenvalue weighted by molar-refractivity contribution is 0.0951. The maximum Gasteiger partial charge on any atom is 0.255 e. The zero-order valence-corrected chi connectivity index (χ0v) is 11.0. The summed E-state index contributed by atoms with van der Waals surface area (Å²) in [5.41, 5.74) is 1.31. The second kappa shape index (κ2) is 5.59. The van der Waals surface area contributed by atoms with Gasteiger partial charge in [0.2, 0.25) is 0 Å². The monoisotopic (exact) mass is 262 g/mol. The van der Waals surface area contributed by atoms with Crippen molar-refractivity contribution in [2.75, 3.05) is 12.4 Å². The Labute approximate surface area is 109 Å². The molecule has 0 aliphatic rings. The SMILES string of the molecule is CNc1ccncc1C(=O)NCc1cnc(C)s1. The van der Waals surface area contributed by atoms with Crippen LogP contribution in [0.3, 0.4) is 0 Å². The quantitative estimate of drug-likeness (QED) is 0.882. The third-order valence-electron chi connectivity index (χ3n) is 2.43. The van der Waals surface area contributed by atoms with Gasteiger partial charge in [0.05, 0.1) is 17.1 Å². The van der Waals surface area contributed by atoms with Crippen molar-refractivity contribution in [1.82, 2.24) is 15.3 Å². The van der Waals surface area contributed by atoms with E-state index in [9.17, 15) is 4.79 Å². The van der Waals surface area contributed by atoms with Gasteiger partial charge in [0, 0.05) is 36.2 Å². The third kappa shape index (κ3) is 2.84. The lowest BCUT2D eigenvalue weighted by atomic mass is 10.2. The largest absolute Gasteiger partial charge is 0.387 e. The molecule has 0 aliphatic carbocycles. The van der Waals surface area contributed by atoms with Crippen molar-refractivity contribution in [3.05, 3.63) is 40.1 Å². The van der Waals surface area contributed by atoms with Crippen LogP contribution in [0.5, 0.6) is 0 Å². The van der Waals surface area contributed by atoms with E-state index in [4.69, 9.17) is 0 Å². The molecule has 0 aliphatic heterocycles. The molecule has 0 unspecified atom stereocenters. The summed E-state index contributed by atoms with van der Waals surface area (Å²) in [5.74, 6) is -0.140. The van der Waals surface area contributed by atoms with Gasteiger partial charge in [-0.25, -0.2) is 4.98 Å². The van der Waals surface area contributed by atoms with Gasteiger partial charge >= 0.3 is 0 Å². The minimum absolute atomic E-state index is 0.140. The molecule has 0 saturated carbocycles. The second-order valence-corrected chi connectivity index (χ2v) is 5.02. The van der Waals surface area contributed by atoms with Crippen molar-refractivity contribution >= 4 is 22.9 Å². The molecule has 18 heavy (non-hydrogen) atoms. The summed E-state index contributed by atoms with van der Waals surface area (Å²) in [6.07, 6.45) is 4.98. The van der Waals surface area contributed by atoms with Crippen LogP contribution in [0.15, 0.2) is 24.7 Å². The zero-order chi connectivity index (χ0) is 13.0. The summed E-state index contributed by atoms with van der Waals surface area (Å²) in [7, 11) is 1.78. The molecular formula is C12H14N4OS. The molecule has 2 aromatic heterocycles. The minimum atomic E-state index is -0.140. The summed E-state index contributed by atoms with van der Waals surface area (Å²) < 4.78 is 0. The Morgan fingerprint density at radius 3 is 2.94 bits per heavy atom. The topological polar surface area (TPSA) is 66.9 Å². The predicted octanol–water partition coefficient (Wildman–Crippen LogP) is 1.82. The van der Waals surface area contributed by atoms with Gasteiger partial charge in [0.15, 0.2) is 0 Å². The van der Waals surface area contributed by atoms with Gasteiger partial charge in [-0.2, -0.15) is 0 Å². The van der Waals surface area contributed by atoms with Crippen LogP contribution in [-0.4, -0.2) is 22.9 Å². The molecule has 0 atom stereocenters. The first-order valence-electron chi connectivity index (χ1n) is 5.52. The Morgan fingerprint density at radius 2 is 2.28 bits per heavy atom. The average molecular weight is 262 g/mol. The van der Waals surface area contributed by atoms with Crippen molar-refractivity contribution in [1.29, 1.82) is 0 Å². The number of pyridine rings is 1. The van der Waals surface area contributed by atoms with Crippen LogP contribution < -0.4 is 10.6 Å². The van der Waals surface area contributed by atoms with E-state index in [1.54, 1.807) is 43.0 Å². The molecule has 6 heteroatoms. The van der Waals surface area contributed by atoms with Crippen LogP contribution in [0.4, 0.5) is 5.69 Å². The van der Waals surface area contributed by atoms with Gasteiger partial charge in [0.1, 0.15) is 0 Å². The number of anilines is 1. The summed E-state index contributed by atoms with van der Waals surface area (Å²) in [4.78, 5) is 21.1. The van der Waals surface area contributed by atoms with Crippen molar-refractivity contribution in [2.45, 2.75) is 13.5 Å². The highest BCUT2D eigenvalue weighted by atomic mass is 32.1. The summed E-state index contributed by atoms with van der Waals surface area (Å²) in [6, 6.07) is 1.77. The van der Waals surface area contributed by atoms with E-state index in [1.165, 1.54) is 0 Å². The van der Waals surface area contributed by atoms with Crippen molar-refractivity contribution in [2.24, 2.45) is 0 Å². The van der Waals surface area contributed by atoms with E-state index in [0.29, 0.717) is 12.1 Å². The molecule has 2 N–H and O–H groups in total. The van der Waals surface area contributed by atoms with Crippen LogP contribution in [0.1, 0.15) is 20.2 Å². The molecule has 94 valence electrons. The Bertz CT molecular complexity index is 553. The predicted molar refractivity (Wildman–Crippen MR) is 71.8 cm³/mol. The van der Waals surface area contributed by atoms with Gasteiger partial charge < -0.3 is 10.6 Å². The second-order valence-electron chi connectivity index (χ2n) is 3.70. The molecular weight excluding hydrogens is 248 g/mol. The Kier molecular flexibility index (Phi) is 3.88. The van der Waals surface area contributed by atoms with Crippen LogP contribution in [0.25, 0.3) is 0 Å². The Hall–Kier alpha value is -1.95. The van der Waals surface area contributed by atoms with Crippen LogP contribution in [0, 0.1) is 6.92 Å². The molecule has 0 saturated heterocycles. The van der Waals surface area contributed by atoms with E-state index in [2.05, 4.69) is 20.6 Å². The molecule has 1 amide bonds. The first-order chi connectivity index (χ1) is 8.70. The van der Waals surface area contributed by atoms with E-state index < -0.39 is 0 Å². The number of aromatic nitrogens is 2. The molecule has 0 spiro atoms. The number of rotatable bonds is 4. The summed E-state index contributed by atoms with van der Waals surface area (Å²) >= 11 is 1.58. The maximum absolute atomic E-state index is 12.0. The lowest BCUT2D eigenvalue weighted by Crippen LogP contribution is -2.23. The highest BCUT2D eigenvalue weighted by Gasteiger charge is 2.10. The zero-order valence-electron chi connectivity index (χ0n) is 10.2.